The van der Waals surface area contributed by atoms with Crippen molar-refractivity contribution in [2.75, 3.05) is 13.6 Å². The molecule has 1 heterocycles. The van der Waals surface area contributed by atoms with Crippen LogP contribution in [0.4, 0.5) is 8.78 Å². The number of carbonyl (C=O) groups excluding carboxylic acids is 1. The molecule has 1 aliphatic carbocycles. The van der Waals surface area contributed by atoms with Gasteiger partial charge in [0.25, 0.3) is 0 Å². The number of benzene rings is 1. The molecular weight excluding hydrogens is 350 g/mol. The zero-order valence-corrected chi connectivity index (χ0v) is 15.8. The predicted octanol–water partition coefficient (Wildman–Crippen LogP) is 4.52. The summed E-state index contributed by atoms with van der Waals surface area (Å²) in [6.07, 6.45) is 6.15. The second-order valence-corrected chi connectivity index (χ2v) is 7.28. The Bertz CT molecular complexity index is 758. The molecule has 1 aromatic heterocycles. The fourth-order valence-corrected chi connectivity index (χ4v) is 3.68. The summed E-state index contributed by atoms with van der Waals surface area (Å²) in [5.41, 5.74) is 0.572. The van der Waals surface area contributed by atoms with Gasteiger partial charge in [0.2, 0.25) is 5.91 Å². The van der Waals surface area contributed by atoms with E-state index in [1.54, 1.807) is 18.2 Å². The zero-order chi connectivity index (χ0) is 19.4. The van der Waals surface area contributed by atoms with Gasteiger partial charge in [-0.1, -0.05) is 18.9 Å². The minimum absolute atomic E-state index is 0.0503. The minimum Gasteiger partial charge on any atom is -0.468 e. The molecule has 0 N–H and O–H groups in total. The van der Waals surface area contributed by atoms with E-state index < -0.39 is 11.6 Å². The average Bonchev–Trinajstić information content (AvgIpc) is 3.35. The monoisotopic (exact) mass is 376 g/mol. The number of rotatable bonds is 7. The maximum Gasteiger partial charge on any atom is 0.237 e. The van der Waals surface area contributed by atoms with Gasteiger partial charge >= 0.3 is 0 Å². The molecule has 0 radical (unpaired) electrons. The lowest BCUT2D eigenvalue weighted by Gasteiger charge is -2.31. The van der Waals surface area contributed by atoms with Gasteiger partial charge in [0.1, 0.15) is 5.76 Å². The van der Waals surface area contributed by atoms with Crippen LogP contribution >= 0.6 is 0 Å². The molecule has 1 atom stereocenters. The van der Waals surface area contributed by atoms with Crippen LogP contribution in [-0.4, -0.2) is 35.3 Å². The van der Waals surface area contributed by atoms with Crippen molar-refractivity contribution < 1.29 is 18.0 Å². The molecule has 6 heteroatoms. The van der Waals surface area contributed by atoms with Crippen LogP contribution in [0.1, 0.15) is 50.0 Å². The Labute approximate surface area is 158 Å². The van der Waals surface area contributed by atoms with E-state index in [9.17, 15) is 13.6 Å². The zero-order valence-electron chi connectivity index (χ0n) is 15.8. The molecule has 0 spiro atoms. The molecule has 1 aliphatic rings. The van der Waals surface area contributed by atoms with Crippen LogP contribution < -0.4 is 0 Å². The van der Waals surface area contributed by atoms with Crippen molar-refractivity contribution in [3.8, 4) is 0 Å². The van der Waals surface area contributed by atoms with Gasteiger partial charge in [-0.05, 0) is 49.6 Å². The Balaban J connectivity index is 1.68. The number of furan rings is 1. The number of hydrogen-bond donors (Lipinski definition) is 0. The van der Waals surface area contributed by atoms with Crippen LogP contribution in [0.2, 0.25) is 0 Å². The second-order valence-electron chi connectivity index (χ2n) is 7.28. The maximum absolute atomic E-state index is 13.5. The van der Waals surface area contributed by atoms with Gasteiger partial charge in [0.05, 0.1) is 25.4 Å². The predicted molar refractivity (Wildman–Crippen MR) is 98.9 cm³/mol. The third kappa shape index (κ3) is 4.75. The average molecular weight is 376 g/mol. The topological polar surface area (TPSA) is 36.7 Å². The van der Waals surface area contributed by atoms with Gasteiger partial charge in [-0.15, -0.1) is 0 Å². The summed E-state index contributed by atoms with van der Waals surface area (Å²) in [6, 6.07) is 7.56. The first-order valence-corrected chi connectivity index (χ1v) is 9.42. The molecule has 27 heavy (non-hydrogen) atoms. The highest BCUT2D eigenvalue weighted by atomic mass is 19.2. The van der Waals surface area contributed by atoms with E-state index in [1.165, 1.54) is 18.9 Å². The number of hydrogen-bond acceptors (Lipinski definition) is 3. The third-order valence-corrected chi connectivity index (χ3v) is 5.52. The molecule has 0 saturated heterocycles. The summed E-state index contributed by atoms with van der Waals surface area (Å²) in [7, 11) is 1.70. The molecule has 1 fully saturated rings. The van der Waals surface area contributed by atoms with Crippen molar-refractivity contribution in [2.45, 2.75) is 51.2 Å². The van der Waals surface area contributed by atoms with E-state index in [0.29, 0.717) is 18.2 Å². The molecule has 0 aliphatic heterocycles. The quantitative estimate of drug-likeness (QED) is 0.713. The highest BCUT2D eigenvalue weighted by Gasteiger charge is 2.27. The first-order chi connectivity index (χ1) is 13.0. The van der Waals surface area contributed by atoms with Crippen molar-refractivity contribution >= 4 is 5.91 Å². The first kappa shape index (κ1) is 19.5. The van der Waals surface area contributed by atoms with Crippen molar-refractivity contribution in [1.82, 2.24) is 9.80 Å². The normalized spacial score (nSPS) is 16.0. The van der Waals surface area contributed by atoms with E-state index in [1.807, 2.05) is 19.1 Å². The van der Waals surface area contributed by atoms with Gasteiger partial charge in [-0.25, -0.2) is 8.78 Å². The summed E-state index contributed by atoms with van der Waals surface area (Å²) >= 11 is 0. The van der Waals surface area contributed by atoms with E-state index in [-0.39, 0.29) is 18.5 Å². The lowest BCUT2D eigenvalue weighted by molar-refractivity contribution is -0.133. The van der Waals surface area contributed by atoms with E-state index >= 15 is 0 Å². The van der Waals surface area contributed by atoms with Crippen molar-refractivity contribution in [3.05, 3.63) is 59.6 Å². The van der Waals surface area contributed by atoms with Crippen molar-refractivity contribution in [1.29, 1.82) is 0 Å². The lowest BCUT2D eigenvalue weighted by atomic mass is 10.1. The molecule has 1 saturated carbocycles. The molecule has 1 amide bonds. The van der Waals surface area contributed by atoms with Crippen LogP contribution in [-0.2, 0) is 11.3 Å². The fourth-order valence-electron chi connectivity index (χ4n) is 3.68. The Morgan fingerprint density at radius 2 is 1.96 bits per heavy atom. The second kappa shape index (κ2) is 8.65. The van der Waals surface area contributed by atoms with Gasteiger partial charge in [0, 0.05) is 13.1 Å². The van der Waals surface area contributed by atoms with E-state index in [4.69, 9.17) is 4.42 Å². The molecule has 0 bridgehead atoms. The van der Waals surface area contributed by atoms with Crippen LogP contribution in [0.5, 0.6) is 0 Å². The number of likely N-dealkylation sites (N-methyl/N-ethyl adjacent to an activating group) is 1. The molecule has 146 valence electrons. The smallest absolute Gasteiger partial charge is 0.237 e. The largest absolute Gasteiger partial charge is 0.468 e. The Morgan fingerprint density at radius 1 is 1.22 bits per heavy atom. The Morgan fingerprint density at radius 3 is 2.59 bits per heavy atom. The Kier molecular flexibility index (Phi) is 6.26. The maximum atomic E-state index is 13.5. The summed E-state index contributed by atoms with van der Waals surface area (Å²) in [4.78, 5) is 16.7. The standard InChI is InChI=1S/C21H26F2N2O2/c1-15(16-9-10-19(22)20(23)12-16)24(2)21(26)14-25(17-6-3-4-7-17)13-18-8-5-11-27-18/h5,8-12,15,17H,3-4,6-7,13-14H2,1-2H3. The summed E-state index contributed by atoms with van der Waals surface area (Å²) in [5.74, 6) is -0.993. The highest BCUT2D eigenvalue weighted by molar-refractivity contribution is 5.78. The highest BCUT2D eigenvalue weighted by Crippen LogP contribution is 2.26. The SMILES string of the molecule is CC(c1ccc(F)c(F)c1)N(C)C(=O)CN(Cc1ccco1)C1CCCC1. The molecule has 4 nitrogen and oxygen atoms in total. The third-order valence-electron chi connectivity index (χ3n) is 5.52. The van der Waals surface area contributed by atoms with Gasteiger partial charge in [-0.3, -0.25) is 9.69 Å². The molecule has 1 aromatic carbocycles. The first-order valence-electron chi connectivity index (χ1n) is 9.42. The summed E-state index contributed by atoms with van der Waals surface area (Å²) < 4.78 is 32.2. The van der Waals surface area contributed by atoms with Gasteiger partial charge < -0.3 is 9.32 Å². The summed E-state index contributed by atoms with van der Waals surface area (Å²) in [5, 5.41) is 0. The van der Waals surface area contributed by atoms with E-state index in [2.05, 4.69) is 4.90 Å². The molecule has 2 aromatic rings. The van der Waals surface area contributed by atoms with Crippen LogP contribution in [0.15, 0.2) is 41.0 Å². The number of halogens is 2. The van der Waals surface area contributed by atoms with Gasteiger partial charge in [-0.2, -0.15) is 0 Å². The van der Waals surface area contributed by atoms with Crippen LogP contribution in [0.3, 0.4) is 0 Å². The van der Waals surface area contributed by atoms with Crippen molar-refractivity contribution in [2.24, 2.45) is 0 Å². The van der Waals surface area contributed by atoms with Crippen molar-refractivity contribution in [3.63, 3.8) is 0 Å². The number of amides is 1. The lowest BCUT2D eigenvalue weighted by Crippen LogP contribution is -2.43. The van der Waals surface area contributed by atoms with Gasteiger partial charge in [0.15, 0.2) is 11.6 Å². The molecule has 3 rings (SSSR count). The van der Waals surface area contributed by atoms with E-state index in [0.717, 1.165) is 30.7 Å². The number of nitrogens with zero attached hydrogens (tertiary/aromatic N) is 2. The Hall–Kier alpha value is -2.21. The minimum atomic E-state index is -0.898. The van der Waals surface area contributed by atoms with Crippen LogP contribution in [0.25, 0.3) is 0 Å². The fraction of sp³-hybridized carbons (Fsp3) is 0.476. The molecular formula is C21H26F2N2O2. The van der Waals surface area contributed by atoms with Crippen LogP contribution in [0, 0.1) is 11.6 Å². The summed E-state index contributed by atoms with van der Waals surface area (Å²) in [6.45, 7) is 2.68. The number of carbonyl (C=O) groups is 1. The molecule has 1 unspecified atom stereocenters.